The monoisotopic (exact) mass is 361 g/mol. The summed E-state index contributed by atoms with van der Waals surface area (Å²) < 4.78 is 30.4. The van der Waals surface area contributed by atoms with E-state index in [1.807, 2.05) is 0 Å². The van der Waals surface area contributed by atoms with Crippen LogP contribution < -0.4 is 5.32 Å². The zero-order chi connectivity index (χ0) is 18.1. The highest BCUT2D eigenvalue weighted by Gasteiger charge is 2.18. The number of carbonyl (C=O) groups excluding carboxylic acids is 1. The minimum Gasteiger partial charge on any atom is -0.319 e. The Bertz CT molecular complexity index is 969. The van der Waals surface area contributed by atoms with Crippen LogP contribution in [0.15, 0.2) is 42.6 Å². The number of hydrogen-bond donors (Lipinski definition) is 1. The highest BCUT2D eigenvalue weighted by atomic mass is 35.5. The average Bonchev–Trinajstić information content (AvgIpc) is 2.89. The van der Waals surface area contributed by atoms with Gasteiger partial charge in [-0.2, -0.15) is 5.10 Å². The maximum absolute atomic E-state index is 14.5. The number of carbonyl (C=O) groups is 1. The van der Waals surface area contributed by atoms with Crippen molar-refractivity contribution in [2.45, 2.75) is 6.92 Å². The normalized spacial score (nSPS) is 10.8. The third-order valence-corrected chi connectivity index (χ3v) is 4.06. The quantitative estimate of drug-likeness (QED) is 0.742. The first-order valence-electron chi connectivity index (χ1n) is 7.42. The SMILES string of the molecule is Cc1nn(C)cc1-c1cc(F)c(NC(=O)c2ccccc2Cl)cc1F. The lowest BCUT2D eigenvalue weighted by Crippen LogP contribution is -2.14. The van der Waals surface area contributed by atoms with Crippen molar-refractivity contribution in [1.29, 1.82) is 0 Å². The molecule has 0 saturated heterocycles. The van der Waals surface area contributed by atoms with E-state index in [0.29, 0.717) is 11.3 Å². The first kappa shape index (κ1) is 17.1. The molecule has 3 rings (SSSR count). The average molecular weight is 362 g/mol. The van der Waals surface area contributed by atoms with Gasteiger partial charge in [-0.3, -0.25) is 9.48 Å². The highest BCUT2D eigenvalue weighted by molar-refractivity contribution is 6.34. The van der Waals surface area contributed by atoms with Gasteiger partial charge < -0.3 is 5.32 Å². The van der Waals surface area contributed by atoms with E-state index >= 15 is 0 Å². The van der Waals surface area contributed by atoms with Crippen molar-refractivity contribution < 1.29 is 13.6 Å². The second-order valence-electron chi connectivity index (χ2n) is 5.55. The van der Waals surface area contributed by atoms with Crippen LogP contribution in [0.3, 0.4) is 0 Å². The van der Waals surface area contributed by atoms with Gasteiger partial charge in [0.1, 0.15) is 11.6 Å². The summed E-state index contributed by atoms with van der Waals surface area (Å²) in [6.07, 6.45) is 1.61. The largest absolute Gasteiger partial charge is 0.319 e. The van der Waals surface area contributed by atoms with Gasteiger partial charge in [0.05, 0.1) is 22.0 Å². The van der Waals surface area contributed by atoms with Gasteiger partial charge in [0.25, 0.3) is 5.91 Å². The molecule has 0 bridgehead atoms. The van der Waals surface area contributed by atoms with Crippen molar-refractivity contribution in [2.24, 2.45) is 7.05 Å². The summed E-state index contributed by atoms with van der Waals surface area (Å²) in [6, 6.07) is 8.34. The molecule has 0 radical (unpaired) electrons. The van der Waals surface area contributed by atoms with Crippen molar-refractivity contribution in [3.8, 4) is 11.1 Å². The van der Waals surface area contributed by atoms with Gasteiger partial charge in [0.15, 0.2) is 0 Å². The van der Waals surface area contributed by atoms with E-state index in [1.54, 1.807) is 38.4 Å². The van der Waals surface area contributed by atoms with Gasteiger partial charge in [-0.1, -0.05) is 23.7 Å². The number of hydrogen-bond acceptors (Lipinski definition) is 2. The predicted molar refractivity (Wildman–Crippen MR) is 92.7 cm³/mol. The molecule has 2 aromatic carbocycles. The van der Waals surface area contributed by atoms with Gasteiger partial charge in [0.2, 0.25) is 0 Å². The fraction of sp³-hybridized carbons (Fsp3) is 0.111. The molecule has 128 valence electrons. The molecule has 4 nitrogen and oxygen atoms in total. The topological polar surface area (TPSA) is 46.9 Å². The van der Waals surface area contributed by atoms with Gasteiger partial charge in [-0.15, -0.1) is 0 Å². The lowest BCUT2D eigenvalue weighted by Gasteiger charge is -2.10. The van der Waals surface area contributed by atoms with Crippen molar-refractivity contribution in [2.75, 3.05) is 5.32 Å². The standard InChI is InChI=1S/C18H14ClF2N3O/c1-10-13(9-24(2)23-10)12-7-16(21)17(8-15(12)20)22-18(25)11-5-3-4-6-14(11)19/h3-9H,1-2H3,(H,22,25). The molecule has 1 amide bonds. The summed E-state index contributed by atoms with van der Waals surface area (Å²) in [5.74, 6) is -2.03. The fourth-order valence-corrected chi connectivity index (χ4v) is 2.77. The van der Waals surface area contributed by atoms with Crippen LogP contribution in [-0.4, -0.2) is 15.7 Å². The van der Waals surface area contributed by atoms with Crippen molar-refractivity contribution in [3.63, 3.8) is 0 Å². The number of nitrogens with zero attached hydrogens (tertiary/aromatic N) is 2. The summed E-state index contributed by atoms with van der Waals surface area (Å²) in [6.45, 7) is 1.71. The summed E-state index contributed by atoms with van der Waals surface area (Å²) >= 11 is 5.94. The molecular formula is C18H14ClF2N3O. The van der Waals surface area contributed by atoms with E-state index in [1.165, 1.54) is 10.7 Å². The molecule has 0 saturated carbocycles. The molecule has 7 heteroatoms. The first-order chi connectivity index (χ1) is 11.9. The number of amides is 1. The van der Waals surface area contributed by atoms with E-state index in [4.69, 9.17) is 11.6 Å². The Morgan fingerprint density at radius 2 is 1.88 bits per heavy atom. The van der Waals surface area contributed by atoms with E-state index in [0.717, 1.165) is 12.1 Å². The van der Waals surface area contributed by atoms with E-state index in [-0.39, 0.29) is 21.8 Å². The fourth-order valence-electron chi connectivity index (χ4n) is 2.55. The Hall–Kier alpha value is -2.73. The van der Waals surface area contributed by atoms with Crippen LogP contribution in [0.4, 0.5) is 14.5 Å². The smallest absolute Gasteiger partial charge is 0.257 e. The molecule has 0 aliphatic rings. The molecule has 1 heterocycles. The van der Waals surface area contributed by atoms with E-state index in [9.17, 15) is 13.6 Å². The second-order valence-corrected chi connectivity index (χ2v) is 5.95. The number of benzene rings is 2. The minimum atomic E-state index is -0.750. The maximum Gasteiger partial charge on any atom is 0.257 e. The number of aryl methyl sites for hydroxylation is 2. The maximum atomic E-state index is 14.5. The van der Waals surface area contributed by atoms with Crippen LogP contribution in [0.25, 0.3) is 11.1 Å². The molecule has 3 aromatic rings. The molecule has 0 unspecified atom stereocenters. The number of aromatic nitrogens is 2. The molecular weight excluding hydrogens is 348 g/mol. The van der Waals surface area contributed by atoms with Gasteiger partial charge in [-0.05, 0) is 25.1 Å². The Morgan fingerprint density at radius 1 is 1.16 bits per heavy atom. The number of rotatable bonds is 3. The van der Waals surface area contributed by atoms with Crippen molar-refractivity contribution in [3.05, 3.63) is 70.5 Å². The van der Waals surface area contributed by atoms with Gasteiger partial charge in [0, 0.05) is 30.4 Å². The molecule has 0 atom stereocenters. The van der Waals surface area contributed by atoms with E-state index < -0.39 is 17.5 Å². The molecule has 1 N–H and O–H groups in total. The third-order valence-electron chi connectivity index (χ3n) is 3.73. The molecule has 1 aromatic heterocycles. The van der Waals surface area contributed by atoms with Crippen LogP contribution in [-0.2, 0) is 7.05 Å². The highest BCUT2D eigenvalue weighted by Crippen LogP contribution is 2.30. The van der Waals surface area contributed by atoms with Gasteiger partial charge >= 0.3 is 0 Å². The van der Waals surface area contributed by atoms with E-state index in [2.05, 4.69) is 10.4 Å². The van der Waals surface area contributed by atoms with Gasteiger partial charge in [-0.25, -0.2) is 8.78 Å². The molecule has 25 heavy (non-hydrogen) atoms. The second kappa shape index (κ2) is 6.64. The number of anilines is 1. The summed E-state index contributed by atoms with van der Waals surface area (Å²) in [5, 5.41) is 6.69. The van der Waals surface area contributed by atoms with Crippen LogP contribution in [0.1, 0.15) is 16.1 Å². The lowest BCUT2D eigenvalue weighted by atomic mass is 10.1. The zero-order valence-electron chi connectivity index (χ0n) is 13.5. The van der Waals surface area contributed by atoms with Crippen molar-refractivity contribution in [1.82, 2.24) is 9.78 Å². The van der Waals surface area contributed by atoms with Crippen LogP contribution in [0.2, 0.25) is 5.02 Å². The summed E-state index contributed by atoms with van der Waals surface area (Å²) in [7, 11) is 1.70. The number of halogens is 3. The third kappa shape index (κ3) is 3.39. The predicted octanol–water partition coefficient (Wildman–Crippen LogP) is 4.58. The lowest BCUT2D eigenvalue weighted by molar-refractivity contribution is 0.102. The minimum absolute atomic E-state index is 0.0823. The zero-order valence-corrected chi connectivity index (χ0v) is 14.2. The summed E-state index contributed by atoms with van der Waals surface area (Å²) in [5.41, 5.74) is 1.07. The molecule has 0 aliphatic carbocycles. The van der Waals surface area contributed by atoms with Crippen LogP contribution in [0.5, 0.6) is 0 Å². The molecule has 0 spiro atoms. The van der Waals surface area contributed by atoms with Crippen molar-refractivity contribution >= 4 is 23.2 Å². The first-order valence-corrected chi connectivity index (χ1v) is 7.80. The Morgan fingerprint density at radius 3 is 2.52 bits per heavy atom. The molecule has 0 aliphatic heterocycles. The van der Waals surface area contributed by atoms with Crippen LogP contribution >= 0.6 is 11.6 Å². The Balaban J connectivity index is 1.94. The molecule has 0 fully saturated rings. The van der Waals surface area contributed by atoms with Crippen LogP contribution in [0, 0.1) is 18.6 Å². The summed E-state index contributed by atoms with van der Waals surface area (Å²) in [4.78, 5) is 12.2. The Kier molecular flexibility index (Phi) is 4.55. The Labute approximate surface area is 148 Å². The number of nitrogens with one attached hydrogen (secondary N) is 1.